The first-order chi connectivity index (χ1) is 16.9. The van der Waals surface area contributed by atoms with Crippen LogP contribution in [0, 0.1) is 6.92 Å². The van der Waals surface area contributed by atoms with Crippen LogP contribution in [0.5, 0.6) is 0 Å². The fraction of sp³-hybridized carbons (Fsp3) is 0.429. The average Bonchev–Trinajstić information content (AvgIpc) is 3.31. The number of likely N-dealkylation sites (N-methyl/N-ethyl adjacent to an activating group) is 1. The Morgan fingerprint density at radius 3 is 2.57 bits per heavy atom. The number of hydrogen-bond donors (Lipinski definition) is 1. The number of carbonyl (C=O) groups excluding carboxylic acids is 1. The summed E-state index contributed by atoms with van der Waals surface area (Å²) in [7, 11) is 2.18. The van der Waals surface area contributed by atoms with Gasteiger partial charge in [-0.05, 0) is 63.2 Å². The summed E-state index contributed by atoms with van der Waals surface area (Å²) in [5.41, 5.74) is 6.35. The number of nitrogens with one attached hydrogen (secondary N) is 1. The molecule has 4 rings (SSSR count). The minimum Gasteiger partial charge on any atom is -0.372 e. The first kappa shape index (κ1) is 25.4. The molecular weight excluding hydrogens is 454 g/mol. The summed E-state index contributed by atoms with van der Waals surface area (Å²) in [6, 6.07) is 14.9. The van der Waals surface area contributed by atoms with E-state index in [0.717, 1.165) is 73.3 Å². The van der Waals surface area contributed by atoms with Crippen LogP contribution in [0.4, 0.5) is 11.4 Å². The van der Waals surface area contributed by atoms with E-state index in [1.165, 1.54) is 11.3 Å². The lowest BCUT2D eigenvalue weighted by Gasteiger charge is -2.32. The maximum Gasteiger partial charge on any atom is 0.230 e. The first-order valence-corrected chi connectivity index (χ1v) is 13.4. The maximum absolute atomic E-state index is 12.7. The molecule has 1 fully saturated rings. The van der Waals surface area contributed by atoms with Crippen molar-refractivity contribution in [2.75, 3.05) is 56.5 Å². The van der Waals surface area contributed by atoms with Crippen molar-refractivity contribution >= 4 is 28.6 Å². The average molecular weight is 492 g/mol. The van der Waals surface area contributed by atoms with E-state index in [-0.39, 0.29) is 12.3 Å². The molecule has 0 atom stereocenters. The Balaban J connectivity index is 1.36. The van der Waals surface area contributed by atoms with E-state index in [2.05, 4.69) is 77.3 Å². The van der Waals surface area contributed by atoms with E-state index in [1.54, 1.807) is 11.3 Å². The summed E-state index contributed by atoms with van der Waals surface area (Å²) in [6.45, 7) is 13.7. The zero-order chi connectivity index (χ0) is 24.8. The Labute approximate surface area is 213 Å². The van der Waals surface area contributed by atoms with E-state index in [0.29, 0.717) is 0 Å². The monoisotopic (exact) mass is 491 g/mol. The molecule has 0 aliphatic carbocycles. The molecule has 3 aromatic rings. The van der Waals surface area contributed by atoms with Crippen LogP contribution >= 0.6 is 11.3 Å². The van der Waals surface area contributed by atoms with Crippen molar-refractivity contribution in [3.8, 4) is 10.6 Å². The van der Waals surface area contributed by atoms with Crippen molar-refractivity contribution in [1.29, 1.82) is 0 Å². The maximum atomic E-state index is 12.7. The Bertz CT molecular complexity index is 1130. The third kappa shape index (κ3) is 6.69. The topological polar surface area (TPSA) is 51.7 Å². The second-order valence-corrected chi connectivity index (χ2v) is 10.2. The summed E-state index contributed by atoms with van der Waals surface area (Å²) in [5.74, 6) is -0.0376. The number of carbonyl (C=O) groups is 1. The molecule has 1 saturated heterocycles. The van der Waals surface area contributed by atoms with Gasteiger partial charge >= 0.3 is 0 Å². The molecule has 1 aromatic heterocycles. The number of aryl methyl sites for hydroxylation is 1. The molecule has 2 aromatic carbocycles. The second-order valence-electron chi connectivity index (χ2n) is 9.32. The third-order valence-electron chi connectivity index (χ3n) is 6.68. The fourth-order valence-electron chi connectivity index (χ4n) is 4.52. The van der Waals surface area contributed by atoms with Crippen LogP contribution in [-0.4, -0.2) is 67.0 Å². The summed E-state index contributed by atoms with van der Waals surface area (Å²) in [5, 5.41) is 6.03. The standard InChI is InChI=1S/C28H37N5OS/c1-5-33(6-2)25-10-11-26(21(3)16-25)30-27(34)18-24-20-35-28(29-24)23-9-7-8-22(17-23)19-32-14-12-31(4)13-15-32/h7-11,16-17,20H,5-6,12-15,18-19H2,1-4H3,(H,30,34). The highest BCUT2D eigenvalue weighted by atomic mass is 32.1. The van der Waals surface area contributed by atoms with Crippen LogP contribution in [-0.2, 0) is 17.8 Å². The van der Waals surface area contributed by atoms with Gasteiger partial charge in [0.1, 0.15) is 5.01 Å². The van der Waals surface area contributed by atoms with Crippen LogP contribution in [0.25, 0.3) is 10.6 Å². The molecule has 186 valence electrons. The predicted molar refractivity (Wildman–Crippen MR) is 147 cm³/mol. The van der Waals surface area contributed by atoms with E-state index in [9.17, 15) is 4.79 Å². The molecule has 2 heterocycles. The summed E-state index contributed by atoms with van der Waals surface area (Å²) in [4.78, 5) is 24.7. The van der Waals surface area contributed by atoms with Gasteiger partial charge in [0.15, 0.2) is 0 Å². The van der Waals surface area contributed by atoms with Gasteiger partial charge in [-0.1, -0.05) is 18.2 Å². The molecule has 0 unspecified atom stereocenters. The molecule has 1 N–H and O–H groups in total. The smallest absolute Gasteiger partial charge is 0.230 e. The van der Waals surface area contributed by atoms with Crippen molar-refractivity contribution < 1.29 is 4.79 Å². The lowest BCUT2D eigenvalue weighted by molar-refractivity contribution is -0.115. The number of benzene rings is 2. The molecule has 35 heavy (non-hydrogen) atoms. The van der Waals surface area contributed by atoms with Crippen molar-refractivity contribution in [2.24, 2.45) is 0 Å². The highest BCUT2D eigenvalue weighted by Crippen LogP contribution is 2.26. The van der Waals surface area contributed by atoms with Gasteiger partial charge in [-0.2, -0.15) is 0 Å². The van der Waals surface area contributed by atoms with E-state index in [4.69, 9.17) is 4.98 Å². The lowest BCUT2D eigenvalue weighted by atomic mass is 10.1. The van der Waals surface area contributed by atoms with Crippen molar-refractivity contribution in [3.63, 3.8) is 0 Å². The molecule has 0 saturated carbocycles. The van der Waals surface area contributed by atoms with Gasteiger partial charge in [-0.15, -0.1) is 11.3 Å². The number of thiazole rings is 1. The highest BCUT2D eigenvalue weighted by molar-refractivity contribution is 7.13. The Kier molecular flexibility index (Phi) is 8.55. The van der Waals surface area contributed by atoms with Crippen LogP contribution in [0.15, 0.2) is 47.8 Å². The van der Waals surface area contributed by atoms with Gasteiger partial charge in [0.2, 0.25) is 5.91 Å². The molecule has 1 amide bonds. The van der Waals surface area contributed by atoms with Crippen molar-refractivity contribution in [1.82, 2.24) is 14.8 Å². The minimum absolute atomic E-state index is 0.0376. The van der Waals surface area contributed by atoms with Crippen molar-refractivity contribution in [2.45, 2.75) is 33.7 Å². The normalized spacial score (nSPS) is 14.7. The number of anilines is 2. The van der Waals surface area contributed by atoms with Gasteiger partial charge in [0.25, 0.3) is 0 Å². The van der Waals surface area contributed by atoms with Crippen LogP contribution in [0.1, 0.15) is 30.7 Å². The summed E-state index contributed by atoms with van der Waals surface area (Å²) >= 11 is 1.60. The van der Waals surface area contributed by atoms with Crippen LogP contribution in [0.2, 0.25) is 0 Å². The molecule has 1 aliphatic rings. The van der Waals surface area contributed by atoms with Gasteiger partial charge < -0.3 is 15.1 Å². The van der Waals surface area contributed by atoms with Gasteiger partial charge in [0.05, 0.1) is 12.1 Å². The van der Waals surface area contributed by atoms with Crippen LogP contribution in [0.3, 0.4) is 0 Å². The summed E-state index contributed by atoms with van der Waals surface area (Å²) in [6.07, 6.45) is 0.273. The van der Waals surface area contributed by atoms with Crippen molar-refractivity contribution in [3.05, 3.63) is 64.7 Å². The number of piperazine rings is 1. The highest BCUT2D eigenvalue weighted by Gasteiger charge is 2.15. The Morgan fingerprint density at radius 1 is 1.09 bits per heavy atom. The van der Waals surface area contributed by atoms with Gasteiger partial charge in [-0.25, -0.2) is 4.98 Å². The van der Waals surface area contributed by atoms with E-state index in [1.807, 2.05) is 18.4 Å². The molecule has 6 nitrogen and oxygen atoms in total. The number of nitrogens with zero attached hydrogens (tertiary/aromatic N) is 4. The first-order valence-electron chi connectivity index (χ1n) is 12.5. The van der Waals surface area contributed by atoms with Gasteiger partial charge in [-0.3, -0.25) is 9.69 Å². The second kappa shape index (κ2) is 11.8. The number of amides is 1. The largest absolute Gasteiger partial charge is 0.372 e. The Morgan fingerprint density at radius 2 is 1.86 bits per heavy atom. The number of hydrogen-bond acceptors (Lipinski definition) is 6. The van der Waals surface area contributed by atoms with E-state index >= 15 is 0 Å². The Hall–Kier alpha value is -2.74. The SMILES string of the molecule is CCN(CC)c1ccc(NC(=O)Cc2csc(-c3cccc(CN4CCN(C)CC4)c3)n2)c(C)c1. The fourth-order valence-corrected chi connectivity index (χ4v) is 5.34. The van der Waals surface area contributed by atoms with Crippen LogP contribution < -0.4 is 10.2 Å². The molecular formula is C28H37N5OS. The predicted octanol–water partition coefficient (Wildman–Crippen LogP) is 4.89. The van der Waals surface area contributed by atoms with Gasteiger partial charge in [0, 0.05) is 68.1 Å². The number of aromatic nitrogens is 1. The third-order valence-corrected chi connectivity index (χ3v) is 7.62. The molecule has 1 aliphatic heterocycles. The number of rotatable bonds is 9. The summed E-state index contributed by atoms with van der Waals surface area (Å²) < 4.78 is 0. The minimum atomic E-state index is -0.0376. The zero-order valence-electron chi connectivity index (χ0n) is 21.4. The molecule has 0 radical (unpaired) electrons. The van der Waals surface area contributed by atoms with E-state index < -0.39 is 0 Å². The molecule has 0 spiro atoms. The lowest BCUT2D eigenvalue weighted by Crippen LogP contribution is -2.43. The molecule has 7 heteroatoms. The zero-order valence-corrected chi connectivity index (χ0v) is 22.2. The quantitative estimate of drug-likeness (QED) is 0.462. The molecule has 0 bridgehead atoms.